The predicted molar refractivity (Wildman–Crippen MR) is 62.0 cm³/mol. The molecule has 0 aliphatic carbocycles. The first-order chi connectivity index (χ1) is 5.85. The zero-order valence-corrected chi connectivity index (χ0v) is 12.1. The fourth-order valence-electron chi connectivity index (χ4n) is 1.32. The summed E-state index contributed by atoms with van der Waals surface area (Å²) < 4.78 is 0. The smallest absolute Gasteiger partial charge is 1.00 e. The second-order valence-corrected chi connectivity index (χ2v) is 3.40. The molecule has 0 aromatic rings. The van der Waals surface area contributed by atoms with Gasteiger partial charge in [0, 0.05) is 0 Å². The Kier molecular flexibility index (Phi) is 24.0. The first kappa shape index (κ1) is 20.4. The van der Waals surface area contributed by atoms with Crippen molar-refractivity contribution in [2.75, 3.05) is 19.6 Å². The Balaban J connectivity index is -0.000000605. The summed E-state index contributed by atoms with van der Waals surface area (Å²) in [5.74, 6) is 0. The molecule has 0 radical (unpaired) electrons. The van der Waals surface area contributed by atoms with E-state index >= 15 is 0 Å². The topological polar surface area (TPSA) is 3.24 Å². The van der Waals surface area contributed by atoms with Crippen molar-refractivity contribution in [3.05, 3.63) is 6.92 Å². The van der Waals surface area contributed by atoms with Gasteiger partial charge in [0.25, 0.3) is 0 Å². The Morgan fingerprint density at radius 1 is 0.929 bits per heavy atom. The molecule has 0 atom stereocenters. The molecule has 0 amide bonds. The van der Waals surface area contributed by atoms with Crippen LogP contribution in [-0.4, -0.2) is 47.6 Å². The molecule has 0 N–H and O–H groups in total. The average Bonchev–Trinajstić information content (AvgIpc) is 2.10. The Labute approximate surface area is 113 Å². The molecule has 0 heterocycles. The predicted octanol–water partition coefficient (Wildman–Crippen LogP) is -0.264. The SMILES string of the molecule is [CH2-]CCN(CCCC)CCCC.[Cl-].[Mg+2]. The summed E-state index contributed by atoms with van der Waals surface area (Å²) in [7, 11) is 0. The zero-order valence-electron chi connectivity index (χ0n) is 9.90. The third kappa shape index (κ3) is 13.0. The molecule has 0 saturated heterocycles. The molecule has 0 spiro atoms. The van der Waals surface area contributed by atoms with E-state index in [1.165, 1.54) is 45.3 Å². The van der Waals surface area contributed by atoms with Gasteiger partial charge >= 0.3 is 23.1 Å². The van der Waals surface area contributed by atoms with E-state index in [2.05, 4.69) is 25.7 Å². The first-order valence-electron chi connectivity index (χ1n) is 5.36. The maximum atomic E-state index is 3.90. The quantitative estimate of drug-likeness (QED) is 0.410. The van der Waals surface area contributed by atoms with Gasteiger partial charge in [-0.05, 0) is 32.5 Å². The molecule has 82 valence electrons. The summed E-state index contributed by atoms with van der Waals surface area (Å²) >= 11 is 0. The van der Waals surface area contributed by atoms with Gasteiger partial charge in [0.05, 0.1) is 0 Å². The average molecular weight is 230 g/mol. The normalized spacial score (nSPS) is 9.43. The largest absolute Gasteiger partial charge is 2.00 e. The van der Waals surface area contributed by atoms with Crippen LogP contribution in [-0.2, 0) is 0 Å². The maximum absolute atomic E-state index is 3.90. The van der Waals surface area contributed by atoms with Crippen LogP contribution in [0.25, 0.3) is 0 Å². The van der Waals surface area contributed by atoms with Gasteiger partial charge in [0.2, 0.25) is 0 Å². The van der Waals surface area contributed by atoms with E-state index in [4.69, 9.17) is 0 Å². The molecule has 0 bridgehead atoms. The molecule has 0 aromatic heterocycles. The Bertz CT molecular complexity index is 83.4. The van der Waals surface area contributed by atoms with E-state index < -0.39 is 0 Å². The standard InChI is InChI=1S/C11H24N.ClH.Mg/c1-4-7-10-12(9-6-3)11-8-5-2;;/h3-11H2,1-2H3;1H;/q-1;;+2/p-1. The number of halogens is 1. The van der Waals surface area contributed by atoms with Gasteiger partial charge in [0.1, 0.15) is 0 Å². The van der Waals surface area contributed by atoms with Crippen molar-refractivity contribution in [1.82, 2.24) is 4.90 Å². The molecule has 3 heteroatoms. The monoisotopic (exact) mass is 229 g/mol. The first-order valence-corrected chi connectivity index (χ1v) is 5.36. The van der Waals surface area contributed by atoms with E-state index in [0.29, 0.717) is 0 Å². The molecular weight excluding hydrogens is 206 g/mol. The number of hydrogen-bond donors (Lipinski definition) is 0. The van der Waals surface area contributed by atoms with Gasteiger partial charge in [-0.1, -0.05) is 26.7 Å². The molecular formula is C11H24ClMgN. The van der Waals surface area contributed by atoms with E-state index in [1.807, 2.05) is 0 Å². The summed E-state index contributed by atoms with van der Waals surface area (Å²) in [6.45, 7) is 12.1. The van der Waals surface area contributed by atoms with Crippen molar-refractivity contribution >= 4 is 23.1 Å². The Hall–Kier alpha value is 1.02. The van der Waals surface area contributed by atoms with Crippen molar-refractivity contribution in [3.8, 4) is 0 Å². The van der Waals surface area contributed by atoms with E-state index in [9.17, 15) is 0 Å². The molecule has 0 unspecified atom stereocenters. The van der Waals surface area contributed by atoms with Gasteiger partial charge in [-0.3, -0.25) is 0 Å². The molecule has 0 fully saturated rings. The van der Waals surface area contributed by atoms with Crippen molar-refractivity contribution in [1.29, 1.82) is 0 Å². The summed E-state index contributed by atoms with van der Waals surface area (Å²) in [6.07, 6.45) is 6.33. The molecule has 0 rings (SSSR count). The molecule has 1 nitrogen and oxygen atoms in total. The van der Waals surface area contributed by atoms with Gasteiger partial charge in [-0.15, -0.1) is 0 Å². The van der Waals surface area contributed by atoms with Crippen molar-refractivity contribution in [2.24, 2.45) is 0 Å². The van der Waals surface area contributed by atoms with Crippen LogP contribution in [0.5, 0.6) is 0 Å². The summed E-state index contributed by atoms with van der Waals surface area (Å²) in [4.78, 5) is 2.54. The Morgan fingerprint density at radius 2 is 1.36 bits per heavy atom. The van der Waals surface area contributed by atoms with Crippen LogP contribution in [0, 0.1) is 6.92 Å². The molecule has 14 heavy (non-hydrogen) atoms. The second-order valence-electron chi connectivity index (χ2n) is 3.40. The minimum atomic E-state index is 0. The third-order valence-corrected chi connectivity index (χ3v) is 2.13. The maximum Gasteiger partial charge on any atom is 2.00 e. The Morgan fingerprint density at radius 3 is 1.64 bits per heavy atom. The van der Waals surface area contributed by atoms with Gasteiger partial charge in [-0.2, -0.15) is 6.42 Å². The van der Waals surface area contributed by atoms with Crippen LogP contribution in [0.15, 0.2) is 0 Å². The van der Waals surface area contributed by atoms with Crippen LogP contribution in [0.2, 0.25) is 0 Å². The van der Waals surface area contributed by atoms with Gasteiger partial charge in [-0.25, -0.2) is 0 Å². The van der Waals surface area contributed by atoms with E-state index in [0.717, 1.165) is 6.42 Å². The van der Waals surface area contributed by atoms with Gasteiger partial charge < -0.3 is 24.2 Å². The summed E-state index contributed by atoms with van der Waals surface area (Å²) in [6, 6.07) is 0. The van der Waals surface area contributed by atoms with Crippen molar-refractivity contribution in [3.63, 3.8) is 0 Å². The van der Waals surface area contributed by atoms with Crippen molar-refractivity contribution in [2.45, 2.75) is 46.0 Å². The fourth-order valence-corrected chi connectivity index (χ4v) is 1.32. The molecule has 0 aliphatic heterocycles. The molecule has 0 aromatic carbocycles. The number of rotatable bonds is 8. The third-order valence-electron chi connectivity index (χ3n) is 2.13. The van der Waals surface area contributed by atoms with Gasteiger partial charge in [0.15, 0.2) is 0 Å². The fraction of sp³-hybridized carbons (Fsp3) is 0.909. The second kappa shape index (κ2) is 16.4. The molecule has 0 saturated carbocycles. The van der Waals surface area contributed by atoms with E-state index in [-0.39, 0.29) is 35.5 Å². The summed E-state index contributed by atoms with van der Waals surface area (Å²) in [5, 5.41) is 0. The molecule has 0 aliphatic rings. The van der Waals surface area contributed by atoms with E-state index in [1.54, 1.807) is 0 Å². The number of nitrogens with zero attached hydrogens (tertiary/aromatic N) is 1. The number of hydrogen-bond acceptors (Lipinski definition) is 1. The van der Waals surface area contributed by atoms with Crippen LogP contribution in [0.1, 0.15) is 46.0 Å². The minimum absolute atomic E-state index is 0. The van der Waals surface area contributed by atoms with Crippen LogP contribution < -0.4 is 12.4 Å². The van der Waals surface area contributed by atoms with Crippen LogP contribution in [0.4, 0.5) is 0 Å². The van der Waals surface area contributed by atoms with Crippen molar-refractivity contribution < 1.29 is 12.4 Å². The summed E-state index contributed by atoms with van der Waals surface area (Å²) in [5.41, 5.74) is 0. The van der Waals surface area contributed by atoms with Crippen LogP contribution >= 0.6 is 0 Å². The van der Waals surface area contributed by atoms with Crippen LogP contribution in [0.3, 0.4) is 0 Å². The zero-order chi connectivity index (χ0) is 9.23. The number of unbranched alkanes of at least 4 members (excludes halogenated alkanes) is 2. The minimum Gasteiger partial charge on any atom is -1.00 e.